The second-order valence-electron chi connectivity index (χ2n) is 6.68. The molecule has 0 aliphatic heterocycles. The van der Waals surface area contributed by atoms with E-state index in [4.69, 9.17) is 5.11 Å². The molecular formula is C19H19K3N10O5. The molecule has 0 bridgehead atoms. The van der Waals surface area contributed by atoms with Gasteiger partial charge in [-0.3, -0.25) is 0 Å². The summed E-state index contributed by atoms with van der Waals surface area (Å²) in [5.41, 5.74) is 1.26. The summed E-state index contributed by atoms with van der Waals surface area (Å²) in [4.78, 5) is 46.1. The number of aliphatic carboxylic acids is 2. The molecule has 1 aromatic carbocycles. The zero-order valence-electron chi connectivity index (χ0n) is 20.8. The van der Waals surface area contributed by atoms with Crippen molar-refractivity contribution in [1.82, 2.24) is 29.9 Å². The first-order valence-electron chi connectivity index (χ1n) is 9.83. The molecule has 3 aromatic rings. The Morgan fingerprint density at radius 1 is 0.892 bits per heavy atom. The molecule has 2 aromatic heterocycles. The molecule has 15 nitrogen and oxygen atoms in total. The van der Waals surface area contributed by atoms with Crippen LogP contribution in [0, 0.1) is 13.3 Å². The molecule has 1 atom stereocenters. The number of aliphatic hydroxyl groups is 1. The summed E-state index contributed by atoms with van der Waals surface area (Å²) in [5.74, 6) is -2.61. The Morgan fingerprint density at radius 3 is 2.00 bits per heavy atom. The van der Waals surface area contributed by atoms with E-state index in [2.05, 4.69) is 57.5 Å². The fourth-order valence-corrected chi connectivity index (χ4v) is 2.56. The van der Waals surface area contributed by atoms with Crippen molar-refractivity contribution in [1.29, 1.82) is 0 Å². The maximum Gasteiger partial charge on any atom is 1.00 e. The Morgan fingerprint density at radius 2 is 1.46 bits per heavy atom. The number of carboxylic acids is 2. The number of rotatable bonds is 12. The third-order valence-corrected chi connectivity index (χ3v) is 4.02. The van der Waals surface area contributed by atoms with E-state index in [0.717, 1.165) is 0 Å². The Bertz CT molecular complexity index is 1160. The van der Waals surface area contributed by atoms with Crippen LogP contribution in [0.25, 0.3) is 0 Å². The summed E-state index contributed by atoms with van der Waals surface area (Å²) in [6.07, 6.45) is 1.63. The zero-order chi connectivity index (χ0) is 24.5. The molecule has 37 heavy (non-hydrogen) atoms. The van der Waals surface area contributed by atoms with Crippen LogP contribution in [0.4, 0.5) is 35.2 Å². The number of nitrogens with one attached hydrogen (secondary N) is 4. The largest absolute Gasteiger partial charge is 1.00 e. The maximum atomic E-state index is 11.2. The number of benzene rings is 1. The van der Waals surface area contributed by atoms with Gasteiger partial charge in [0.15, 0.2) is 0 Å². The number of hydrogen-bond acceptors (Lipinski definition) is 15. The predicted octanol–water partition coefficient (Wildman–Crippen LogP) is -11.3. The molecule has 0 saturated heterocycles. The van der Waals surface area contributed by atoms with Crippen LogP contribution in [0.15, 0.2) is 24.3 Å². The molecule has 0 saturated carbocycles. The van der Waals surface area contributed by atoms with Crippen LogP contribution in [0.5, 0.6) is 0 Å². The van der Waals surface area contributed by atoms with E-state index in [1.807, 2.05) is 0 Å². The van der Waals surface area contributed by atoms with Crippen molar-refractivity contribution in [3.8, 4) is 0 Å². The first kappa shape index (κ1) is 37.2. The van der Waals surface area contributed by atoms with Gasteiger partial charge in [0.1, 0.15) is 5.95 Å². The van der Waals surface area contributed by atoms with E-state index in [1.165, 1.54) is 0 Å². The molecule has 0 radical (unpaired) electrons. The number of anilines is 6. The Kier molecular flexibility index (Phi) is 19.5. The van der Waals surface area contributed by atoms with Gasteiger partial charge in [-0.1, -0.05) is 6.92 Å². The summed E-state index contributed by atoms with van der Waals surface area (Å²) in [6.45, 7) is 1.61. The third kappa shape index (κ3) is 13.4. The van der Waals surface area contributed by atoms with Crippen LogP contribution in [0.3, 0.4) is 0 Å². The monoisotopic (exact) mass is 584 g/mol. The van der Waals surface area contributed by atoms with E-state index in [-0.39, 0.29) is 185 Å². The maximum absolute atomic E-state index is 11.2. The van der Waals surface area contributed by atoms with Gasteiger partial charge in [-0.05, 0) is 24.3 Å². The number of aliphatic hydroxyl groups excluding tert-OH is 1. The van der Waals surface area contributed by atoms with E-state index in [9.17, 15) is 19.8 Å². The SMILES string of the molecule is Cc1n[c-]nc(Nc2ccc(Nc3nc(NCCO)nc(NC(CC(=O)[O-])C(=O)[O-])n3)cc2)n1.[K+].[K+].[K+]. The smallest absolute Gasteiger partial charge is 0.550 e. The minimum Gasteiger partial charge on any atom is -0.550 e. The molecule has 18 heteroatoms. The minimum atomic E-state index is -1.67. The third-order valence-electron chi connectivity index (χ3n) is 4.02. The van der Waals surface area contributed by atoms with Gasteiger partial charge in [-0.2, -0.15) is 15.0 Å². The first-order chi connectivity index (χ1) is 16.3. The van der Waals surface area contributed by atoms with Crippen molar-refractivity contribution in [2.45, 2.75) is 19.4 Å². The van der Waals surface area contributed by atoms with Crippen LogP contribution >= 0.6 is 0 Å². The summed E-state index contributed by atoms with van der Waals surface area (Å²) < 4.78 is 0. The van der Waals surface area contributed by atoms with Gasteiger partial charge in [0, 0.05) is 42.5 Å². The molecule has 0 spiro atoms. The normalized spacial score (nSPS) is 10.4. The minimum absolute atomic E-state index is 0. The number of aromatic nitrogens is 6. The van der Waals surface area contributed by atoms with Gasteiger partial charge < -0.3 is 61.1 Å². The molecule has 0 amide bonds. The van der Waals surface area contributed by atoms with Gasteiger partial charge in [-0.15, -0.1) is 0 Å². The van der Waals surface area contributed by atoms with E-state index in [1.54, 1.807) is 31.2 Å². The predicted molar refractivity (Wildman–Crippen MR) is 114 cm³/mol. The van der Waals surface area contributed by atoms with Crippen LogP contribution < -0.4 is 186 Å². The summed E-state index contributed by atoms with van der Waals surface area (Å²) >= 11 is 0. The van der Waals surface area contributed by atoms with Crippen LogP contribution in [0.1, 0.15) is 12.2 Å². The second kappa shape index (κ2) is 19.3. The van der Waals surface area contributed by atoms with E-state index < -0.39 is 24.4 Å². The average molecular weight is 585 g/mol. The Balaban J connectivity index is 0.00000432. The molecular weight excluding hydrogens is 566 g/mol. The van der Waals surface area contributed by atoms with Gasteiger partial charge in [0.25, 0.3) is 0 Å². The van der Waals surface area contributed by atoms with Gasteiger partial charge in [-0.25, -0.2) is 0 Å². The van der Waals surface area contributed by atoms with E-state index >= 15 is 0 Å². The van der Waals surface area contributed by atoms with Gasteiger partial charge in [0.05, 0.1) is 18.6 Å². The second-order valence-corrected chi connectivity index (χ2v) is 6.68. The molecule has 3 rings (SSSR count). The Labute approximate surface area is 339 Å². The van der Waals surface area contributed by atoms with Crippen molar-refractivity contribution in [3.63, 3.8) is 0 Å². The fraction of sp³-hybridized carbons (Fsp3) is 0.263. The van der Waals surface area contributed by atoms with Crippen LogP contribution in [-0.4, -0.2) is 66.1 Å². The first-order valence-corrected chi connectivity index (χ1v) is 9.83. The zero-order valence-corrected chi connectivity index (χ0v) is 30.1. The number of carbonyl (C=O) groups is 2. The van der Waals surface area contributed by atoms with E-state index in [0.29, 0.717) is 23.1 Å². The van der Waals surface area contributed by atoms with Crippen molar-refractivity contribution >= 4 is 47.1 Å². The summed E-state index contributed by atoms with van der Waals surface area (Å²) in [7, 11) is 0. The molecule has 5 N–H and O–H groups in total. The number of carbonyl (C=O) groups excluding carboxylic acids is 2. The molecule has 1 unspecified atom stereocenters. The van der Waals surface area contributed by atoms with Crippen LogP contribution in [0.2, 0.25) is 0 Å². The molecule has 0 aliphatic rings. The number of nitrogens with zero attached hydrogens (tertiary/aromatic N) is 6. The van der Waals surface area contributed by atoms with Crippen LogP contribution in [-0.2, 0) is 9.59 Å². The fourth-order valence-electron chi connectivity index (χ4n) is 2.56. The average Bonchev–Trinajstić information content (AvgIpc) is 2.78. The molecule has 178 valence electrons. The number of carboxylic acid groups (broad SMARTS) is 2. The topological polar surface area (TPSA) is 226 Å². The van der Waals surface area contributed by atoms with Gasteiger partial charge in [0.2, 0.25) is 17.8 Å². The molecule has 0 fully saturated rings. The molecule has 2 heterocycles. The number of aryl methyl sites for hydroxylation is 1. The van der Waals surface area contributed by atoms with Crippen molar-refractivity contribution in [2.75, 3.05) is 34.4 Å². The quantitative estimate of drug-likeness (QED) is 0.0984. The van der Waals surface area contributed by atoms with Crippen molar-refractivity contribution in [2.24, 2.45) is 0 Å². The summed E-state index contributed by atoms with van der Waals surface area (Å²) in [6, 6.07) is 5.25. The summed E-state index contributed by atoms with van der Waals surface area (Å²) in [5, 5.41) is 42.1. The van der Waals surface area contributed by atoms with Crippen molar-refractivity contribution in [3.05, 3.63) is 36.4 Å². The van der Waals surface area contributed by atoms with Gasteiger partial charge >= 0.3 is 154 Å². The molecule has 0 aliphatic carbocycles. The Hall–Kier alpha value is 0.249. The number of hydrogen-bond donors (Lipinski definition) is 5. The van der Waals surface area contributed by atoms with Crippen molar-refractivity contribution < 1.29 is 179 Å². The standard InChI is InChI=1S/C19H21N10O5.3K/c1-10-21-9-22-17(23-10)24-11-2-4-12(5-3-11)25-18-27-16(20-6-7-30)28-19(29-18)26-13(15(33)34)8-14(31)32;;;/h2-5,13,30H,6-8H2,1H3,(H,31,32)(H,33,34)(H,21,22,23,24)(H3,20,25,26,27,28,29);;;/q-1;3*+1/p-2.